The van der Waals surface area contributed by atoms with E-state index in [4.69, 9.17) is 17.0 Å². The highest BCUT2D eigenvalue weighted by Crippen LogP contribution is 2.41. The van der Waals surface area contributed by atoms with Crippen molar-refractivity contribution in [3.63, 3.8) is 0 Å². The maximum Gasteiger partial charge on any atom is 0.170 e. The third-order valence-corrected chi connectivity index (χ3v) is 7.52. The molecule has 2 aliphatic rings. The number of rotatable bonds is 8. The average molecular weight is 491 g/mol. The molecule has 184 valence electrons. The van der Waals surface area contributed by atoms with Gasteiger partial charge in [-0.15, -0.1) is 0 Å². The Morgan fingerprint density at radius 1 is 1.09 bits per heavy atom. The highest BCUT2D eigenvalue weighted by molar-refractivity contribution is 7.80. The summed E-state index contributed by atoms with van der Waals surface area (Å²) < 4.78 is 7.96. The molecular weight excluding hydrogens is 456 g/mol. The van der Waals surface area contributed by atoms with Crippen molar-refractivity contribution in [1.29, 1.82) is 0 Å². The zero-order valence-electron chi connectivity index (χ0n) is 20.6. The van der Waals surface area contributed by atoms with Crippen LogP contribution in [0.1, 0.15) is 46.7 Å². The number of thiocarbonyl (C=S) groups is 1. The molecule has 0 radical (unpaired) electrons. The molecule has 2 aliphatic heterocycles. The molecule has 0 spiro atoms. The molecule has 5 rings (SSSR count). The molecule has 2 fully saturated rings. The summed E-state index contributed by atoms with van der Waals surface area (Å²) in [6.45, 7) is 11.1. The van der Waals surface area contributed by atoms with E-state index >= 15 is 0 Å². The first kappa shape index (κ1) is 23.9. The average Bonchev–Trinajstić information content (AvgIpc) is 3.36. The van der Waals surface area contributed by atoms with E-state index in [1.54, 1.807) is 0 Å². The number of nitrogens with one attached hydrogen (secondary N) is 1. The van der Waals surface area contributed by atoms with Crippen molar-refractivity contribution in [2.24, 2.45) is 0 Å². The molecule has 0 saturated carbocycles. The Bertz CT molecular complexity index is 1130. The van der Waals surface area contributed by atoms with E-state index in [-0.39, 0.29) is 12.1 Å². The minimum atomic E-state index is -0.0114. The quantitative estimate of drug-likeness (QED) is 0.482. The van der Waals surface area contributed by atoms with Crippen LogP contribution in [0, 0.1) is 13.8 Å². The lowest BCUT2D eigenvalue weighted by atomic mass is 9.96. The van der Waals surface area contributed by atoms with Crippen molar-refractivity contribution in [3.05, 3.63) is 83.2 Å². The number of aromatic nitrogens is 3. The highest BCUT2D eigenvalue weighted by Gasteiger charge is 2.41. The van der Waals surface area contributed by atoms with Crippen LogP contribution in [-0.4, -0.2) is 62.3 Å². The summed E-state index contributed by atoms with van der Waals surface area (Å²) in [4.78, 5) is 13.8. The first-order valence-corrected chi connectivity index (χ1v) is 12.9. The lowest BCUT2D eigenvalue weighted by molar-refractivity contribution is 0.0369. The van der Waals surface area contributed by atoms with Crippen LogP contribution in [0.3, 0.4) is 0 Å². The molecule has 0 bridgehead atoms. The van der Waals surface area contributed by atoms with E-state index in [0.29, 0.717) is 6.54 Å². The van der Waals surface area contributed by atoms with Crippen molar-refractivity contribution in [2.75, 3.05) is 32.8 Å². The smallest absolute Gasteiger partial charge is 0.170 e. The number of ether oxygens (including phenoxy) is 1. The van der Waals surface area contributed by atoms with Crippen LogP contribution in [0.4, 0.5) is 0 Å². The summed E-state index contributed by atoms with van der Waals surface area (Å²) in [5, 5.41) is 4.33. The van der Waals surface area contributed by atoms with Gasteiger partial charge in [-0.2, -0.15) is 0 Å². The van der Waals surface area contributed by atoms with Gasteiger partial charge in [0.25, 0.3) is 0 Å². The summed E-state index contributed by atoms with van der Waals surface area (Å²) in [7, 11) is 0. The van der Waals surface area contributed by atoms with Gasteiger partial charge in [-0.05, 0) is 67.9 Å². The molecule has 5 heterocycles. The van der Waals surface area contributed by atoms with Crippen molar-refractivity contribution in [2.45, 2.75) is 45.4 Å². The molecule has 0 unspecified atom stereocenters. The summed E-state index contributed by atoms with van der Waals surface area (Å²) in [6.07, 6.45) is 6.71. The maximum atomic E-state index is 5.86. The van der Waals surface area contributed by atoms with E-state index < -0.39 is 0 Å². The molecule has 2 saturated heterocycles. The van der Waals surface area contributed by atoms with E-state index in [9.17, 15) is 0 Å². The van der Waals surface area contributed by atoms with Crippen LogP contribution in [0.5, 0.6) is 0 Å². The van der Waals surface area contributed by atoms with Crippen LogP contribution < -0.4 is 5.32 Å². The lowest BCUT2D eigenvalue weighted by Crippen LogP contribution is -2.37. The monoisotopic (exact) mass is 490 g/mol. The van der Waals surface area contributed by atoms with Gasteiger partial charge >= 0.3 is 0 Å². The third-order valence-electron chi connectivity index (χ3n) is 7.16. The van der Waals surface area contributed by atoms with Gasteiger partial charge in [0.2, 0.25) is 0 Å². The highest BCUT2D eigenvalue weighted by atomic mass is 32.1. The van der Waals surface area contributed by atoms with Gasteiger partial charge < -0.3 is 19.5 Å². The Labute approximate surface area is 213 Å². The third kappa shape index (κ3) is 5.24. The fourth-order valence-corrected chi connectivity index (χ4v) is 5.66. The van der Waals surface area contributed by atoms with Gasteiger partial charge in [0, 0.05) is 62.7 Å². The second-order valence-electron chi connectivity index (χ2n) is 9.40. The van der Waals surface area contributed by atoms with E-state index in [1.807, 2.05) is 36.8 Å². The molecular formula is C27H34N6OS. The van der Waals surface area contributed by atoms with Gasteiger partial charge in [-0.3, -0.25) is 14.9 Å². The minimum Gasteiger partial charge on any atom is -0.379 e. The molecule has 3 aromatic rings. The van der Waals surface area contributed by atoms with E-state index in [0.717, 1.165) is 62.2 Å². The zero-order valence-corrected chi connectivity index (χ0v) is 21.4. The maximum absolute atomic E-state index is 5.86. The Hall–Kier alpha value is -2.81. The molecule has 1 N–H and O–H groups in total. The predicted molar refractivity (Wildman–Crippen MR) is 141 cm³/mol. The number of aryl methyl sites for hydroxylation is 1. The second-order valence-corrected chi connectivity index (χ2v) is 9.79. The summed E-state index contributed by atoms with van der Waals surface area (Å²) in [5.41, 5.74) is 6.05. The van der Waals surface area contributed by atoms with Crippen LogP contribution in [0.25, 0.3) is 0 Å². The van der Waals surface area contributed by atoms with Crippen molar-refractivity contribution in [3.8, 4) is 0 Å². The predicted octanol–water partition coefficient (Wildman–Crippen LogP) is 3.79. The lowest BCUT2D eigenvalue weighted by Gasteiger charge is -2.28. The first-order chi connectivity index (χ1) is 17.1. The standard InChI is InChI=1S/C27H34N6OS/c1-20-17-23(21(2)32(20)12-6-11-31-13-15-34-16-14-31)26-25(24-8-3-4-10-29-24)30-27(35)33(26)19-22-7-5-9-28-18-22/h3-5,7-10,17-18,25-26H,6,11-16,19H2,1-2H3,(H,30,35)/t25-,26+/m1/s1. The molecule has 7 nitrogen and oxygen atoms in total. The molecule has 0 amide bonds. The SMILES string of the molecule is Cc1cc([C@H]2[C@@H](c3ccccn3)NC(=S)N2Cc2cccnc2)c(C)n1CCCN1CCOCC1. The van der Waals surface area contributed by atoms with Crippen molar-refractivity contribution < 1.29 is 4.74 Å². The van der Waals surface area contributed by atoms with Gasteiger partial charge in [0.15, 0.2) is 5.11 Å². The Balaban J connectivity index is 1.42. The number of nitrogens with zero attached hydrogens (tertiary/aromatic N) is 5. The normalized spacial score (nSPS) is 20.9. The summed E-state index contributed by atoms with van der Waals surface area (Å²) in [5.74, 6) is 0. The minimum absolute atomic E-state index is 0.0114. The first-order valence-electron chi connectivity index (χ1n) is 12.5. The fraction of sp³-hybridized carbons (Fsp3) is 0.444. The Morgan fingerprint density at radius 2 is 1.94 bits per heavy atom. The zero-order chi connectivity index (χ0) is 24.2. The largest absolute Gasteiger partial charge is 0.379 e. The molecule has 3 aromatic heterocycles. The van der Waals surface area contributed by atoms with Gasteiger partial charge in [-0.1, -0.05) is 12.1 Å². The molecule has 0 aliphatic carbocycles. The topological polar surface area (TPSA) is 58.5 Å². The summed E-state index contributed by atoms with van der Waals surface area (Å²) >= 11 is 5.86. The van der Waals surface area contributed by atoms with Crippen molar-refractivity contribution in [1.82, 2.24) is 29.7 Å². The van der Waals surface area contributed by atoms with Gasteiger partial charge in [0.1, 0.15) is 0 Å². The number of hydrogen-bond donors (Lipinski definition) is 1. The van der Waals surface area contributed by atoms with Crippen LogP contribution >= 0.6 is 12.2 Å². The van der Waals surface area contributed by atoms with E-state index in [2.05, 4.69) is 61.7 Å². The van der Waals surface area contributed by atoms with Crippen molar-refractivity contribution >= 4 is 17.3 Å². The van der Waals surface area contributed by atoms with Gasteiger partial charge in [-0.25, -0.2) is 0 Å². The number of morpholine rings is 1. The molecule has 35 heavy (non-hydrogen) atoms. The van der Waals surface area contributed by atoms with Crippen LogP contribution in [-0.2, 0) is 17.8 Å². The molecule has 0 aromatic carbocycles. The Morgan fingerprint density at radius 3 is 2.69 bits per heavy atom. The van der Waals surface area contributed by atoms with Crippen LogP contribution in [0.15, 0.2) is 55.0 Å². The molecule has 2 atom stereocenters. The molecule has 8 heteroatoms. The number of hydrogen-bond acceptors (Lipinski definition) is 5. The van der Waals surface area contributed by atoms with E-state index in [1.165, 1.54) is 17.0 Å². The summed E-state index contributed by atoms with van der Waals surface area (Å²) in [6, 6.07) is 12.6. The number of pyridine rings is 2. The Kier molecular flexibility index (Phi) is 7.41. The van der Waals surface area contributed by atoms with Gasteiger partial charge in [0.05, 0.1) is 31.0 Å². The second kappa shape index (κ2) is 10.8. The van der Waals surface area contributed by atoms with Crippen LogP contribution in [0.2, 0.25) is 0 Å². The fourth-order valence-electron chi connectivity index (χ4n) is 5.35.